The maximum atomic E-state index is 13.9. The fraction of sp³-hybridized carbons (Fsp3) is 0.259. The first-order chi connectivity index (χ1) is 17.8. The molecule has 8 nitrogen and oxygen atoms in total. The number of hydrogen-bond donors (Lipinski definition) is 1. The van der Waals surface area contributed by atoms with E-state index in [1.54, 1.807) is 42.3 Å². The minimum Gasteiger partial charge on any atom is -0.462 e. The summed E-state index contributed by atoms with van der Waals surface area (Å²) < 4.78 is 20.5. The summed E-state index contributed by atoms with van der Waals surface area (Å²) in [5, 5.41) is 0.586. The van der Waals surface area contributed by atoms with Gasteiger partial charge in [0.25, 0.3) is 11.5 Å². The summed E-state index contributed by atoms with van der Waals surface area (Å²) in [6.07, 6.45) is 4.60. The Balaban J connectivity index is 1.80. The van der Waals surface area contributed by atoms with E-state index in [1.165, 1.54) is 28.9 Å². The van der Waals surface area contributed by atoms with Gasteiger partial charge in [0.1, 0.15) is 17.0 Å². The minimum atomic E-state index is -0.744. The molecule has 1 aromatic carbocycles. The predicted molar refractivity (Wildman–Crippen MR) is 144 cm³/mol. The number of esters is 1. The topological polar surface area (TPSA) is 84.7 Å². The average Bonchev–Trinajstić information content (AvgIpc) is 2.90. The van der Waals surface area contributed by atoms with Gasteiger partial charge in [-0.15, -0.1) is 12.6 Å². The van der Waals surface area contributed by atoms with Gasteiger partial charge >= 0.3 is 5.97 Å². The van der Waals surface area contributed by atoms with Gasteiger partial charge in [-0.3, -0.25) is 14.2 Å². The molecule has 1 aliphatic rings. The number of pyridine rings is 2. The van der Waals surface area contributed by atoms with Crippen LogP contribution in [0.5, 0.6) is 0 Å². The highest BCUT2D eigenvalue weighted by Gasteiger charge is 2.30. The molecular formula is C27H27FN4O4S. The highest BCUT2D eigenvalue weighted by molar-refractivity contribution is 7.85. The van der Waals surface area contributed by atoms with E-state index in [4.69, 9.17) is 4.74 Å². The van der Waals surface area contributed by atoms with E-state index in [0.717, 1.165) is 0 Å². The Morgan fingerprint density at radius 3 is 2.62 bits per heavy atom. The Morgan fingerprint density at radius 2 is 1.95 bits per heavy atom. The smallest absolute Gasteiger partial charge is 0.345 e. The molecule has 3 aromatic rings. The number of nitrogens with zero attached hydrogens (tertiary/aromatic N) is 4. The average molecular weight is 523 g/mol. The van der Waals surface area contributed by atoms with Gasteiger partial charge in [-0.1, -0.05) is 24.8 Å². The Hall–Kier alpha value is -3.92. The zero-order valence-corrected chi connectivity index (χ0v) is 21.3. The summed E-state index contributed by atoms with van der Waals surface area (Å²) in [6, 6.07) is 9.45. The van der Waals surface area contributed by atoms with Gasteiger partial charge < -0.3 is 14.5 Å². The van der Waals surface area contributed by atoms with Crippen LogP contribution in [0.25, 0.3) is 11.0 Å². The fourth-order valence-electron chi connectivity index (χ4n) is 4.42. The van der Waals surface area contributed by atoms with Crippen molar-refractivity contribution in [3.05, 3.63) is 93.5 Å². The summed E-state index contributed by atoms with van der Waals surface area (Å²) in [6.45, 7) is 6.87. The number of fused-ring (bicyclic) bond motifs is 1. The number of thiol groups is 1. The van der Waals surface area contributed by atoms with E-state index in [2.05, 4.69) is 24.2 Å². The number of carbonyl (C=O) groups excluding carboxylic acids is 2. The lowest BCUT2D eigenvalue weighted by molar-refractivity contribution is -0.126. The molecule has 0 saturated carbocycles. The second-order valence-corrected chi connectivity index (χ2v) is 8.89. The van der Waals surface area contributed by atoms with Crippen LogP contribution in [-0.2, 0) is 16.1 Å². The number of piperazine rings is 1. The Morgan fingerprint density at radius 1 is 1.19 bits per heavy atom. The first kappa shape index (κ1) is 26.2. The molecule has 4 rings (SSSR count). The molecule has 0 N–H and O–H groups in total. The van der Waals surface area contributed by atoms with Gasteiger partial charge in [0.2, 0.25) is 0 Å². The number of rotatable bonds is 7. The Kier molecular flexibility index (Phi) is 8.08. The number of benzene rings is 1. The number of hydrogen-bond acceptors (Lipinski definition) is 7. The fourth-order valence-corrected chi connectivity index (χ4v) is 4.67. The van der Waals surface area contributed by atoms with Gasteiger partial charge in [0.05, 0.1) is 23.7 Å². The van der Waals surface area contributed by atoms with Crippen molar-refractivity contribution >= 4 is 41.2 Å². The second-order valence-electron chi connectivity index (χ2n) is 8.41. The van der Waals surface area contributed by atoms with Crippen LogP contribution in [0.15, 0.2) is 71.0 Å². The number of halogens is 1. The van der Waals surface area contributed by atoms with Crippen molar-refractivity contribution in [2.24, 2.45) is 0 Å². The molecule has 0 unspecified atom stereocenters. The Bertz CT molecular complexity index is 1440. The van der Waals surface area contributed by atoms with Gasteiger partial charge in [-0.05, 0) is 42.8 Å². The lowest BCUT2D eigenvalue weighted by Crippen LogP contribution is -2.50. The lowest BCUT2D eigenvalue weighted by Gasteiger charge is -2.37. The van der Waals surface area contributed by atoms with Crippen molar-refractivity contribution in [1.82, 2.24) is 14.5 Å². The highest BCUT2D eigenvalue weighted by atomic mass is 32.1. The van der Waals surface area contributed by atoms with Gasteiger partial charge in [-0.2, -0.15) is 0 Å². The van der Waals surface area contributed by atoms with Crippen LogP contribution in [0.4, 0.5) is 10.1 Å². The zero-order chi connectivity index (χ0) is 26.5. The van der Waals surface area contributed by atoms with E-state index < -0.39 is 17.3 Å². The van der Waals surface area contributed by atoms with Crippen LogP contribution in [0.2, 0.25) is 0 Å². The predicted octanol–water partition coefficient (Wildman–Crippen LogP) is 3.41. The molecule has 0 atom stereocenters. The molecule has 2 aromatic heterocycles. The van der Waals surface area contributed by atoms with E-state index in [-0.39, 0.29) is 29.5 Å². The van der Waals surface area contributed by atoms with Crippen LogP contribution < -0.4 is 10.5 Å². The largest absolute Gasteiger partial charge is 0.462 e. The van der Waals surface area contributed by atoms with E-state index in [1.807, 2.05) is 4.90 Å². The molecule has 0 spiro atoms. The quantitative estimate of drug-likeness (QED) is 0.222. The van der Waals surface area contributed by atoms with Crippen molar-refractivity contribution in [2.75, 3.05) is 37.7 Å². The zero-order valence-electron chi connectivity index (χ0n) is 20.4. The number of allylic oxidation sites excluding steroid dienone is 2. The second kappa shape index (κ2) is 11.4. The SMILES string of the molecule is C=C/C=C(\S)C(=O)N1CCN(c2c(C(=O)OCC)c(=O)n(Cc3cccc(F)c3)c3ncccc23)CC1. The third kappa shape index (κ3) is 5.43. The first-order valence-corrected chi connectivity index (χ1v) is 12.3. The molecule has 37 heavy (non-hydrogen) atoms. The molecule has 0 radical (unpaired) electrons. The molecule has 1 saturated heterocycles. The summed E-state index contributed by atoms with van der Waals surface area (Å²) in [5.41, 5.74) is 0.652. The van der Waals surface area contributed by atoms with Crippen molar-refractivity contribution < 1.29 is 18.7 Å². The lowest BCUT2D eigenvalue weighted by atomic mass is 10.1. The minimum absolute atomic E-state index is 0.0272. The number of carbonyl (C=O) groups is 2. The van der Waals surface area contributed by atoms with Crippen molar-refractivity contribution in [3.8, 4) is 0 Å². The van der Waals surface area contributed by atoms with Crippen molar-refractivity contribution in [3.63, 3.8) is 0 Å². The first-order valence-electron chi connectivity index (χ1n) is 11.8. The number of aromatic nitrogens is 2. The van der Waals surface area contributed by atoms with Crippen molar-refractivity contribution in [2.45, 2.75) is 13.5 Å². The summed E-state index contributed by atoms with van der Waals surface area (Å²) in [5.74, 6) is -1.39. The normalized spacial score (nSPS) is 14.1. The molecule has 192 valence electrons. The van der Waals surface area contributed by atoms with Crippen LogP contribution in [-0.4, -0.2) is 59.1 Å². The molecule has 1 amide bonds. The number of ether oxygens (including phenoxy) is 1. The molecule has 0 aliphatic carbocycles. The van der Waals surface area contributed by atoms with Crippen LogP contribution in [0, 0.1) is 5.82 Å². The molecule has 3 heterocycles. The van der Waals surface area contributed by atoms with Crippen LogP contribution in [0.1, 0.15) is 22.8 Å². The number of anilines is 1. The maximum absolute atomic E-state index is 13.9. The summed E-state index contributed by atoms with van der Waals surface area (Å²) >= 11 is 4.24. The third-order valence-electron chi connectivity index (χ3n) is 6.08. The molecule has 1 aliphatic heterocycles. The van der Waals surface area contributed by atoms with Gasteiger partial charge in [-0.25, -0.2) is 14.2 Å². The Labute approximate surface area is 219 Å². The van der Waals surface area contributed by atoms with Gasteiger partial charge in [0, 0.05) is 37.8 Å². The molecular weight excluding hydrogens is 495 g/mol. The molecule has 10 heteroatoms. The van der Waals surface area contributed by atoms with E-state index >= 15 is 0 Å². The number of amides is 1. The summed E-state index contributed by atoms with van der Waals surface area (Å²) in [7, 11) is 0. The highest BCUT2D eigenvalue weighted by Crippen LogP contribution is 2.30. The molecule has 1 fully saturated rings. The third-order valence-corrected chi connectivity index (χ3v) is 6.42. The van der Waals surface area contributed by atoms with Crippen molar-refractivity contribution in [1.29, 1.82) is 0 Å². The van der Waals surface area contributed by atoms with E-state index in [0.29, 0.717) is 48.5 Å². The monoisotopic (exact) mass is 522 g/mol. The standard InChI is InChI=1S/C27H27FN4O4S/c1-3-7-21(37)25(33)31-14-12-30(13-15-31)23-20-10-6-11-29-24(20)32(17-18-8-5-9-19(28)16-18)26(34)22(23)27(35)36-4-2/h3,5-11,16,37H,1,4,12-15,17H2,2H3/b21-7-. The molecule has 0 bridgehead atoms. The summed E-state index contributed by atoms with van der Waals surface area (Å²) in [4.78, 5) is 47.9. The van der Waals surface area contributed by atoms with Crippen LogP contribution in [0.3, 0.4) is 0 Å². The van der Waals surface area contributed by atoms with Gasteiger partial charge in [0.15, 0.2) is 0 Å². The van der Waals surface area contributed by atoms with Crippen LogP contribution >= 0.6 is 12.6 Å². The maximum Gasteiger partial charge on any atom is 0.345 e. The van der Waals surface area contributed by atoms with E-state index in [9.17, 15) is 18.8 Å².